The fourth-order valence-corrected chi connectivity index (χ4v) is 4.19. The third kappa shape index (κ3) is 4.23. The summed E-state index contributed by atoms with van der Waals surface area (Å²) >= 11 is 2.02. The molecule has 1 aromatic carbocycles. The van der Waals surface area contributed by atoms with Crippen molar-refractivity contribution >= 4 is 11.8 Å². The highest BCUT2D eigenvalue weighted by atomic mass is 32.2. The maximum atomic E-state index is 10.7. The monoisotopic (exact) mass is 279 g/mol. The van der Waals surface area contributed by atoms with Gasteiger partial charge in [0, 0.05) is 11.8 Å². The average molecular weight is 279 g/mol. The summed E-state index contributed by atoms with van der Waals surface area (Å²) in [5.74, 6) is 0.993. The normalized spacial score (nSPS) is 20.1. The quantitative estimate of drug-likeness (QED) is 0.840. The Balaban J connectivity index is 1.85. The Labute approximate surface area is 120 Å². The standard InChI is InChI=1S/C16H25NOS/c17-13-16(18,14-7-3-1-4-8-14)11-12-19-15-9-5-2-6-10-15/h1,3-4,7-8,15,18H,2,5-6,9-13,17H2. The van der Waals surface area contributed by atoms with Gasteiger partial charge in [-0.25, -0.2) is 0 Å². The minimum absolute atomic E-state index is 0.294. The van der Waals surface area contributed by atoms with Crippen LogP contribution in [0.25, 0.3) is 0 Å². The Bertz CT molecular complexity index is 364. The SMILES string of the molecule is NCC(O)(CCSC1CCCCC1)c1ccccc1. The molecule has 0 amide bonds. The number of thioether (sulfide) groups is 1. The van der Waals surface area contributed by atoms with E-state index in [9.17, 15) is 5.11 Å². The van der Waals surface area contributed by atoms with Crippen LogP contribution in [0.1, 0.15) is 44.1 Å². The molecule has 0 aliphatic heterocycles. The number of hydrogen-bond donors (Lipinski definition) is 2. The molecule has 0 radical (unpaired) electrons. The summed E-state index contributed by atoms with van der Waals surface area (Å²) in [6.07, 6.45) is 7.58. The van der Waals surface area contributed by atoms with Crippen molar-refractivity contribution in [2.75, 3.05) is 12.3 Å². The van der Waals surface area contributed by atoms with Gasteiger partial charge in [-0.3, -0.25) is 0 Å². The molecule has 1 aliphatic rings. The van der Waals surface area contributed by atoms with Crippen molar-refractivity contribution in [2.24, 2.45) is 5.73 Å². The average Bonchev–Trinajstić information content (AvgIpc) is 2.49. The topological polar surface area (TPSA) is 46.2 Å². The van der Waals surface area contributed by atoms with Crippen molar-refractivity contribution in [2.45, 2.75) is 49.4 Å². The van der Waals surface area contributed by atoms with Crippen LogP contribution < -0.4 is 5.73 Å². The van der Waals surface area contributed by atoms with Crippen molar-refractivity contribution in [1.29, 1.82) is 0 Å². The summed E-state index contributed by atoms with van der Waals surface area (Å²) in [6, 6.07) is 9.84. The van der Waals surface area contributed by atoms with E-state index in [0.717, 1.165) is 23.0 Å². The number of hydrogen-bond acceptors (Lipinski definition) is 3. The minimum Gasteiger partial charge on any atom is -0.384 e. The van der Waals surface area contributed by atoms with Gasteiger partial charge in [-0.15, -0.1) is 0 Å². The molecule has 3 N–H and O–H groups in total. The minimum atomic E-state index is -0.858. The van der Waals surface area contributed by atoms with E-state index >= 15 is 0 Å². The lowest BCUT2D eigenvalue weighted by Gasteiger charge is -2.28. The molecule has 1 atom stereocenters. The van der Waals surface area contributed by atoms with Gasteiger partial charge in [0.1, 0.15) is 5.60 Å². The van der Waals surface area contributed by atoms with Crippen LogP contribution in [0.4, 0.5) is 0 Å². The van der Waals surface area contributed by atoms with E-state index < -0.39 is 5.60 Å². The first kappa shape index (κ1) is 14.9. The predicted molar refractivity (Wildman–Crippen MR) is 83.3 cm³/mol. The molecule has 1 saturated carbocycles. The zero-order valence-corrected chi connectivity index (χ0v) is 12.4. The third-order valence-corrected chi connectivity index (χ3v) is 5.45. The van der Waals surface area contributed by atoms with Crippen LogP contribution >= 0.6 is 11.8 Å². The van der Waals surface area contributed by atoms with E-state index in [1.165, 1.54) is 32.1 Å². The van der Waals surface area contributed by atoms with Crippen molar-refractivity contribution in [3.63, 3.8) is 0 Å². The molecule has 1 aliphatic carbocycles. The highest BCUT2D eigenvalue weighted by Crippen LogP contribution is 2.31. The second-order valence-corrected chi connectivity index (χ2v) is 6.89. The molecule has 0 aromatic heterocycles. The number of benzene rings is 1. The maximum Gasteiger partial charge on any atom is 0.103 e. The van der Waals surface area contributed by atoms with E-state index in [4.69, 9.17) is 5.73 Å². The molecule has 1 unspecified atom stereocenters. The Morgan fingerprint density at radius 2 is 1.84 bits per heavy atom. The van der Waals surface area contributed by atoms with Crippen LogP contribution in [-0.4, -0.2) is 22.7 Å². The summed E-state index contributed by atoms with van der Waals surface area (Å²) in [7, 11) is 0. The van der Waals surface area contributed by atoms with Crippen LogP contribution in [0.5, 0.6) is 0 Å². The Morgan fingerprint density at radius 1 is 1.16 bits per heavy atom. The second kappa shape index (κ2) is 7.32. The Kier molecular flexibility index (Phi) is 5.74. The lowest BCUT2D eigenvalue weighted by molar-refractivity contribution is 0.0431. The summed E-state index contributed by atoms with van der Waals surface area (Å²) in [6.45, 7) is 0.294. The van der Waals surface area contributed by atoms with Crippen molar-refractivity contribution in [1.82, 2.24) is 0 Å². The van der Waals surface area contributed by atoms with Crippen molar-refractivity contribution in [3.8, 4) is 0 Å². The molecule has 0 bridgehead atoms. The molecule has 3 heteroatoms. The van der Waals surface area contributed by atoms with Crippen LogP contribution in [0.2, 0.25) is 0 Å². The van der Waals surface area contributed by atoms with E-state index in [-0.39, 0.29) is 0 Å². The number of rotatable bonds is 6. The van der Waals surface area contributed by atoms with Crippen LogP contribution in [0, 0.1) is 0 Å². The summed E-state index contributed by atoms with van der Waals surface area (Å²) in [5, 5.41) is 11.5. The zero-order chi connectivity index (χ0) is 13.6. The molecule has 0 saturated heterocycles. The first-order chi connectivity index (χ1) is 9.24. The molecule has 19 heavy (non-hydrogen) atoms. The molecule has 2 nitrogen and oxygen atoms in total. The largest absolute Gasteiger partial charge is 0.384 e. The summed E-state index contributed by atoms with van der Waals surface area (Å²) < 4.78 is 0. The van der Waals surface area contributed by atoms with E-state index in [1.54, 1.807) is 0 Å². The lowest BCUT2D eigenvalue weighted by Crippen LogP contribution is -2.35. The molecule has 1 fully saturated rings. The first-order valence-electron chi connectivity index (χ1n) is 7.34. The molecule has 1 aromatic rings. The third-order valence-electron chi connectivity index (χ3n) is 4.07. The van der Waals surface area contributed by atoms with Crippen molar-refractivity contribution in [3.05, 3.63) is 35.9 Å². The fourth-order valence-electron chi connectivity index (χ4n) is 2.74. The van der Waals surface area contributed by atoms with Gasteiger partial charge in [-0.2, -0.15) is 11.8 Å². The highest BCUT2D eigenvalue weighted by Gasteiger charge is 2.27. The smallest absolute Gasteiger partial charge is 0.103 e. The molecular weight excluding hydrogens is 254 g/mol. The molecule has 106 valence electrons. The summed E-state index contributed by atoms with van der Waals surface area (Å²) in [4.78, 5) is 0. The molecule has 0 spiro atoms. The maximum absolute atomic E-state index is 10.7. The van der Waals surface area contributed by atoms with Gasteiger partial charge in [0.05, 0.1) is 0 Å². The Morgan fingerprint density at radius 3 is 2.47 bits per heavy atom. The van der Waals surface area contributed by atoms with Gasteiger partial charge in [-0.05, 0) is 30.6 Å². The van der Waals surface area contributed by atoms with E-state index in [0.29, 0.717) is 6.54 Å². The highest BCUT2D eigenvalue weighted by molar-refractivity contribution is 7.99. The Hall–Kier alpha value is -0.510. The van der Waals surface area contributed by atoms with Gasteiger partial charge in [0.25, 0.3) is 0 Å². The van der Waals surface area contributed by atoms with Gasteiger partial charge >= 0.3 is 0 Å². The molecular formula is C16H25NOS. The summed E-state index contributed by atoms with van der Waals surface area (Å²) in [5.41, 5.74) is 5.89. The first-order valence-corrected chi connectivity index (χ1v) is 8.39. The predicted octanol–water partition coefficient (Wildman–Crippen LogP) is 3.29. The van der Waals surface area contributed by atoms with E-state index in [2.05, 4.69) is 0 Å². The molecule has 0 heterocycles. The van der Waals surface area contributed by atoms with E-state index in [1.807, 2.05) is 42.1 Å². The van der Waals surface area contributed by atoms with Crippen LogP contribution in [0.3, 0.4) is 0 Å². The fraction of sp³-hybridized carbons (Fsp3) is 0.625. The second-order valence-electron chi connectivity index (χ2n) is 5.48. The van der Waals surface area contributed by atoms with Gasteiger partial charge in [0.15, 0.2) is 0 Å². The van der Waals surface area contributed by atoms with Crippen LogP contribution in [0.15, 0.2) is 30.3 Å². The molecule has 2 rings (SSSR count). The van der Waals surface area contributed by atoms with Gasteiger partial charge < -0.3 is 10.8 Å². The zero-order valence-electron chi connectivity index (χ0n) is 11.6. The van der Waals surface area contributed by atoms with Gasteiger partial charge in [-0.1, -0.05) is 49.6 Å². The van der Waals surface area contributed by atoms with Crippen LogP contribution in [-0.2, 0) is 5.60 Å². The van der Waals surface area contributed by atoms with Crippen molar-refractivity contribution < 1.29 is 5.11 Å². The van der Waals surface area contributed by atoms with Gasteiger partial charge in [0.2, 0.25) is 0 Å². The lowest BCUT2D eigenvalue weighted by atomic mass is 9.91. The number of aliphatic hydroxyl groups is 1. The number of nitrogens with two attached hydrogens (primary N) is 1.